The van der Waals surface area contributed by atoms with Crippen molar-refractivity contribution >= 4 is 48.3 Å². The number of anilines is 2. The summed E-state index contributed by atoms with van der Waals surface area (Å²) in [7, 11) is -3.76. The van der Waals surface area contributed by atoms with E-state index in [1.807, 2.05) is 31.2 Å². The maximum Gasteiger partial charge on any atom is 0.261 e. The monoisotopic (exact) mass is 453 g/mol. The lowest BCUT2D eigenvalue weighted by Crippen LogP contribution is -2.14. The summed E-state index contributed by atoms with van der Waals surface area (Å²) in [4.78, 5) is 17.0. The number of para-hydroxylation sites is 1. The van der Waals surface area contributed by atoms with Crippen LogP contribution in [-0.4, -0.2) is 25.9 Å². The predicted octanol–water partition coefficient (Wildman–Crippen LogP) is 4.75. The normalized spacial score (nSPS) is 11.3. The summed E-state index contributed by atoms with van der Waals surface area (Å²) in [5, 5.41) is 3.28. The van der Waals surface area contributed by atoms with Gasteiger partial charge in [0.1, 0.15) is 5.75 Å². The smallest absolute Gasteiger partial charge is 0.261 e. The molecular formula is C22H19N3O4S2. The number of hydrogen-bond acceptors (Lipinski definition) is 6. The molecule has 4 rings (SSSR count). The number of fused-ring (bicyclic) bond motifs is 1. The Kier molecular flexibility index (Phi) is 5.88. The highest BCUT2D eigenvalue weighted by molar-refractivity contribution is 7.92. The molecule has 31 heavy (non-hydrogen) atoms. The molecular weight excluding hydrogens is 434 g/mol. The van der Waals surface area contributed by atoms with Crippen LogP contribution in [0.3, 0.4) is 0 Å². The van der Waals surface area contributed by atoms with E-state index in [-0.39, 0.29) is 10.8 Å². The first-order valence-electron chi connectivity index (χ1n) is 9.47. The Balaban J connectivity index is 1.43. The van der Waals surface area contributed by atoms with Gasteiger partial charge in [0.15, 0.2) is 5.13 Å². The summed E-state index contributed by atoms with van der Waals surface area (Å²) in [6.07, 6.45) is 0. The molecule has 0 radical (unpaired) electrons. The molecule has 1 heterocycles. The van der Waals surface area contributed by atoms with Gasteiger partial charge in [-0.3, -0.25) is 14.8 Å². The van der Waals surface area contributed by atoms with Gasteiger partial charge < -0.3 is 4.74 Å². The number of rotatable bonds is 7. The van der Waals surface area contributed by atoms with Crippen LogP contribution in [0.15, 0.2) is 77.7 Å². The van der Waals surface area contributed by atoms with Gasteiger partial charge in [0.05, 0.1) is 21.7 Å². The van der Waals surface area contributed by atoms with Gasteiger partial charge in [-0.15, -0.1) is 0 Å². The van der Waals surface area contributed by atoms with E-state index in [9.17, 15) is 13.2 Å². The van der Waals surface area contributed by atoms with Crippen LogP contribution < -0.4 is 14.8 Å². The quantitative estimate of drug-likeness (QED) is 0.421. The second-order valence-electron chi connectivity index (χ2n) is 6.53. The highest BCUT2D eigenvalue weighted by Crippen LogP contribution is 2.26. The van der Waals surface area contributed by atoms with E-state index in [1.165, 1.54) is 23.5 Å². The third-order valence-corrected chi connectivity index (χ3v) is 6.71. The molecule has 0 fully saturated rings. The Morgan fingerprint density at radius 2 is 1.71 bits per heavy atom. The van der Waals surface area contributed by atoms with Crippen LogP contribution >= 0.6 is 11.3 Å². The molecule has 0 bridgehead atoms. The van der Waals surface area contributed by atoms with Crippen molar-refractivity contribution in [3.63, 3.8) is 0 Å². The van der Waals surface area contributed by atoms with Gasteiger partial charge in [0, 0.05) is 11.3 Å². The fraction of sp³-hybridized carbons (Fsp3) is 0.0909. The number of nitrogens with one attached hydrogen (secondary N) is 2. The standard InChI is InChI=1S/C22H19N3O4S2/c1-2-29-17-11-13-18(14-12-17)31(27,28)25-16-9-7-15(8-10-16)21(26)24-22-23-19-5-3-4-6-20(19)30-22/h3-14,25H,2H2,1H3,(H,23,24,26). The van der Waals surface area contributed by atoms with Gasteiger partial charge in [-0.25, -0.2) is 13.4 Å². The van der Waals surface area contributed by atoms with Crippen molar-refractivity contribution in [1.29, 1.82) is 0 Å². The molecule has 0 unspecified atom stereocenters. The summed E-state index contributed by atoms with van der Waals surface area (Å²) in [6.45, 7) is 2.36. The van der Waals surface area contributed by atoms with Gasteiger partial charge in [-0.1, -0.05) is 23.5 Å². The van der Waals surface area contributed by atoms with E-state index < -0.39 is 10.0 Å². The maximum atomic E-state index is 12.6. The van der Waals surface area contributed by atoms with Crippen molar-refractivity contribution in [2.24, 2.45) is 0 Å². The SMILES string of the molecule is CCOc1ccc(S(=O)(=O)Nc2ccc(C(=O)Nc3nc4ccccc4s3)cc2)cc1. The molecule has 2 N–H and O–H groups in total. The van der Waals surface area contributed by atoms with Crippen LogP contribution in [0.4, 0.5) is 10.8 Å². The first kappa shape index (κ1) is 20.8. The van der Waals surface area contributed by atoms with Crippen LogP contribution in [0.25, 0.3) is 10.2 Å². The van der Waals surface area contributed by atoms with Gasteiger partial charge in [0.25, 0.3) is 15.9 Å². The largest absolute Gasteiger partial charge is 0.494 e. The molecule has 0 aliphatic rings. The zero-order valence-electron chi connectivity index (χ0n) is 16.5. The van der Waals surface area contributed by atoms with Gasteiger partial charge in [-0.05, 0) is 67.6 Å². The molecule has 1 aromatic heterocycles. The second kappa shape index (κ2) is 8.75. The molecule has 0 aliphatic carbocycles. The van der Waals surface area contributed by atoms with E-state index in [0.717, 1.165) is 10.2 Å². The third kappa shape index (κ3) is 4.84. The summed E-state index contributed by atoms with van der Waals surface area (Å²) in [6, 6.07) is 20.0. The number of benzene rings is 3. The van der Waals surface area contributed by atoms with Gasteiger partial charge in [-0.2, -0.15) is 0 Å². The van der Waals surface area contributed by atoms with Crippen molar-refractivity contribution in [3.05, 3.63) is 78.4 Å². The number of carbonyl (C=O) groups is 1. The minimum atomic E-state index is -3.76. The minimum absolute atomic E-state index is 0.119. The fourth-order valence-corrected chi connectivity index (χ4v) is 4.80. The number of hydrogen-bond donors (Lipinski definition) is 2. The van der Waals surface area contributed by atoms with Gasteiger partial charge in [0.2, 0.25) is 0 Å². The maximum absolute atomic E-state index is 12.6. The summed E-state index contributed by atoms with van der Waals surface area (Å²) >= 11 is 1.39. The third-order valence-electron chi connectivity index (χ3n) is 4.36. The van der Waals surface area contributed by atoms with E-state index in [1.54, 1.807) is 36.4 Å². The molecule has 0 saturated carbocycles. The van der Waals surface area contributed by atoms with E-state index in [2.05, 4.69) is 15.0 Å². The first-order chi connectivity index (χ1) is 14.9. The Morgan fingerprint density at radius 3 is 2.39 bits per heavy atom. The number of amides is 1. The molecule has 158 valence electrons. The van der Waals surface area contributed by atoms with Crippen LogP contribution in [0, 0.1) is 0 Å². The molecule has 9 heteroatoms. The van der Waals surface area contributed by atoms with E-state index in [0.29, 0.717) is 28.7 Å². The van der Waals surface area contributed by atoms with Crippen molar-refractivity contribution in [1.82, 2.24) is 4.98 Å². The zero-order valence-corrected chi connectivity index (χ0v) is 18.2. The fourth-order valence-electron chi connectivity index (χ4n) is 2.88. The molecule has 0 spiro atoms. The number of sulfonamides is 1. The average molecular weight is 454 g/mol. The van der Waals surface area contributed by atoms with Crippen molar-refractivity contribution in [3.8, 4) is 5.75 Å². The number of ether oxygens (including phenoxy) is 1. The zero-order chi connectivity index (χ0) is 21.8. The topological polar surface area (TPSA) is 97.4 Å². The molecule has 1 amide bonds. The van der Waals surface area contributed by atoms with E-state index >= 15 is 0 Å². The molecule has 0 atom stereocenters. The van der Waals surface area contributed by atoms with Crippen LogP contribution in [0.1, 0.15) is 17.3 Å². The number of aromatic nitrogens is 1. The minimum Gasteiger partial charge on any atom is -0.494 e. The average Bonchev–Trinajstić information content (AvgIpc) is 3.17. The predicted molar refractivity (Wildman–Crippen MR) is 122 cm³/mol. The Labute approximate surface area is 183 Å². The van der Waals surface area contributed by atoms with Crippen LogP contribution in [0.5, 0.6) is 5.75 Å². The Hall–Kier alpha value is -3.43. The number of carbonyl (C=O) groups excluding carboxylic acids is 1. The van der Waals surface area contributed by atoms with Crippen molar-refractivity contribution in [2.75, 3.05) is 16.6 Å². The molecule has 0 aliphatic heterocycles. The summed E-state index contributed by atoms with van der Waals surface area (Å²) in [5.41, 5.74) is 1.57. The lowest BCUT2D eigenvalue weighted by molar-refractivity contribution is 0.102. The Bertz CT molecular complexity index is 1280. The summed E-state index contributed by atoms with van der Waals surface area (Å²) in [5.74, 6) is 0.282. The summed E-state index contributed by atoms with van der Waals surface area (Å²) < 4.78 is 34.0. The van der Waals surface area contributed by atoms with Crippen LogP contribution in [0.2, 0.25) is 0 Å². The van der Waals surface area contributed by atoms with Gasteiger partial charge >= 0.3 is 0 Å². The highest BCUT2D eigenvalue weighted by atomic mass is 32.2. The number of thiazole rings is 1. The van der Waals surface area contributed by atoms with Crippen molar-refractivity contribution in [2.45, 2.75) is 11.8 Å². The lowest BCUT2D eigenvalue weighted by Gasteiger charge is -2.10. The lowest BCUT2D eigenvalue weighted by atomic mass is 10.2. The Morgan fingerprint density at radius 1 is 1.00 bits per heavy atom. The second-order valence-corrected chi connectivity index (χ2v) is 9.24. The molecule has 4 aromatic rings. The molecule has 3 aromatic carbocycles. The van der Waals surface area contributed by atoms with E-state index in [4.69, 9.17) is 4.74 Å². The van der Waals surface area contributed by atoms with Crippen molar-refractivity contribution < 1.29 is 17.9 Å². The molecule has 0 saturated heterocycles. The first-order valence-corrected chi connectivity index (χ1v) is 11.8. The highest BCUT2D eigenvalue weighted by Gasteiger charge is 2.15. The number of nitrogens with zero attached hydrogens (tertiary/aromatic N) is 1. The van der Waals surface area contributed by atoms with Crippen LogP contribution in [-0.2, 0) is 10.0 Å². The molecule has 7 nitrogen and oxygen atoms in total.